The summed E-state index contributed by atoms with van der Waals surface area (Å²) in [5.74, 6) is 0.563. The van der Waals surface area contributed by atoms with Gasteiger partial charge in [-0.25, -0.2) is 4.98 Å². The first-order valence-electron chi connectivity index (χ1n) is 18.5. The van der Waals surface area contributed by atoms with E-state index in [1.165, 1.54) is 23.6 Å². The third kappa shape index (κ3) is 8.33. The van der Waals surface area contributed by atoms with E-state index in [1.54, 1.807) is 19.1 Å². The lowest BCUT2D eigenvalue weighted by Crippen LogP contribution is -2.08. The van der Waals surface area contributed by atoms with Crippen molar-refractivity contribution in [2.45, 2.75) is 41.5 Å². The fourth-order valence-corrected chi connectivity index (χ4v) is 7.53. The van der Waals surface area contributed by atoms with Gasteiger partial charge in [0, 0.05) is 35.1 Å². The van der Waals surface area contributed by atoms with Crippen LogP contribution in [0.15, 0.2) is 113 Å². The lowest BCUT2D eigenvalue weighted by atomic mass is 10.0. The van der Waals surface area contributed by atoms with Crippen LogP contribution in [0.3, 0.4) is 0 Å². The Hall–Kier alpha value is -7.54. The first-order chi connectivity index (χ1) is 28.0. The molecule has 0 saturated carbocycles. The summed E-state index contributed by atoms with van der Waals surface area (Å²) in [5, 5.41) is 43.3. The second kappa shape index (κ2) is 16.7. The van der Waals surface area contributed by atoms with Gasteiger partial charge in [-0.2, -0.15) is 10.5 Å². The Morgan fingerprint density at radius 1 is 0.655 bits per heavy atom. The SMILES string of the molecule is CC(=O)Nc1ccc(-c2c(NNc3cc(C)c4cccc(C)c4c3)sc(N=Nc3c(Nc4ccc(C)cc4)nc(Nc4ccc(C)cc4)c(C#N)c3C)c2C#N)cc1. The summed E-state index contributed by atoms with van der Waals surface area (Å²) >= 11 is 1.26. The molecule has 0 atom stereocenters. The zero-order valence-electron chi connectivity index (χ0n) is 32.9. The minimum Gasteiger partial charge on any atom is -0.339 e. The molecule has 58 heavy (non-hydrogen) atoms. The number of azo groups is 1. The molecule has 0 fully saturated rings. The number of thiophene rings is 1. The Morgan fingerprint density at radius 2 is 1.28 bits per heavy atom. The van der Waals surface area contributed by atoms with Gasteiger partial charge in [0.1, 0.15) is 28.4 Å². The number of aromatic nitrogens is 1. The van der Waals surface area contributed by atoms with Crippen LogP contribution in [0.5, 0.6) is 0 Å². The van der Waals surface area contributed by atoms with Crippen LogP contribution < -0.4 is 26.8 Å². The van der Waals surface area contributed by atoms with Crippen LogP contribution in [-0.2, 0) is 4.79 Å². The number of nitrogens with zero attached hydrogens (tertiary/aromatic N) is 5. The highest BCUT2D eigenvalue weighted by atomic mass is 32.1. The van der Waals surface area contributed by atoms with Crippen molar-refractivity contribution in [3.8, 4) is 23.3 Å². The predicted molar refractivity (Wildman–Crippen MR) is 236 cm³/mol. The van der Waals surface area contributed by atoms with Gasteiger partial charge in [-0.15, -0.1) is 10.2 Å². The predicted octanol–water partition coefficient (Wildman–Crippen LogP) is 12.5. The molecule has 5 aromatic carbocycles. The molecule has 0 spiro atoms. The van der Waals surface area contributed by atoms with Crippen LogP contribution in [-0.4, -0.2) is 10.9 Å². The molecule has 0 bridgehead atoms. The van der Waals surface area contributed by atoms with Gasteiger partial charge in [0.25, 0.3) is 0 Å². The fraction of sp³-hybridized carbons (Fsp3) is 0.130. The van der Waals surface area contributed by atoms with Crippen LogP contribution >= 0.6 is 11.3 Å². The van der Waals surface area contributed by atoms with E-state index in [-0.39, 0.29) is 5.91 Å². The van der Waals surface area contributed by atoms with Crippen LogP contribution in [0.25, 0.3) is 21.9 Å². The van der Waals surface area contributed by atoms with E-state index in [0.717, 1.165) is 50.3 Å². The second-order valence-corrected chi connectivity index (χ2v) is 15.0. The molecule has 12 heteroatoms. The molecule has 5 N–H and O–H groups in total. The summed E-state index contributed by atoms with van der Waals surface area (Å²) in [5.41, 5.74) is 17.1. The van der Waals surface area contributed by atoms with E-state index < -0.39 is 0 Å². The van der Waals surface area contributed by atoms with Gasteiger partial charge in [0.05, 0.1) is 11.3 Å². The van der Waals surface area contributed by atoms with E-state index in [9.17, 15) is 15.3 Å². The van der Waals surface area contributed by atoms with E-state index >= 15 is 0 Å². The number of hydrogen-bond acceptors (Lipinski definition) is 11. The Labute approximate surface area is 341 Å². The maximum atomic E-state index is 11.8. The molecule has 7 aromatic rings. The molecule has 286 valence electrons. The second-order valence-electron chi connectivity index (χ2n) is 14.0. The number of nitriles is 2. The summed E-state index contributed by atoms with van der Waals surface area (Å²) in [4.78, 5) is 16.6. The number of carbonyl (C=O) groups is 1. The molecule has 0 unspecified atom stereocenters. The van der Waals surface area contributed by atoms with Gasteiger partial charge >= 0.3 is 0 Å². The zero-order chi connectivity index (χ0) is 40.9. The molecule has 2 aromatic heterocycles. The quantitative estimate of drug-likeness (QED) is 0.0640. The molecule has 0 radical (unpaired) electrons. The molecule has 0 aliphatic rings. The normalized spacial score (nSPS) is 10.9. The van der Waals surface area contributed by atoms with Crippen molar-refractivity contribution < 1.29 is 4.79 Å². The largest absolute Gasteiger partial charge is 0.339 e. The van der Waals surface area contributed by atoms with Gasteiger partial charge in [-0.1, -0.05) is 77.1 Å². The third-order valence-corrected chi connectivity index (χ3v) is 10.6. The first kappa shape index (κ1) is 38.7. The lowest BCUT2D eigenvalue weighted by Gasteiger charge is -2.16. The molecule has 0 aliphatic heterocycles. The number of pyridine rings is 1. The minimum atomic E-state index is -0.185. The number of nitrogens with one attached hydrogen (secondary N) is 5. The molecule has 2 heterocycles. The number of hydrogen-bond donors (Lipinski definition) is 5. The molecule has 0 aliphatic carbocycles. The highest BCUT2D eigenvalue weighted by Gasteiger charge is 2.23. The average Bonchev–Trinajstić information content (AvgIpc) is 3.56. The summed E-state index contributed by atoms with van der Waals surface area (Å²) in [6, 6.07) is 38.1. The summed E-state index contributed by atoms with van der Waals surface area (Å²) in [6.07, 6.45) is 0. The number of carbonyl (C=O) groups excluding carboxylic acids is 1. The third-order valence-electron chi connectivity index (χ3n) is 9.63. The summed E-state index contributed by atoms with van der Waals surface area (Å²) in [6.45, 7) is 11.4. The zero-order valence-corrected chi connectivity index (χ0v) is 33.7. The summed E-state index contributed by atoms with van der Waals surface area (Å²) in [7, 11) is 0. The van der Waals surface area contributed by atoms with Crippen LogP contribution in [0.1, 0.15) is 45.9 Å². The van der Waals surface area contributed by atoms with E-state index in [1.807, 2.05) is 74.5 Å². The van der Waals surface area contributed by atoms with Gasteiger partial charge in [0.15, 0.2) is 16.6 Å². The number of amides is 1. The van der Waals surface area contributed by atoms with Crippen molar-refractivity contribution in [3.63, 3.8) is 0 Å². The number of anilines is 7. The molecular weight excluding hydrogens is 741 g/mol. The van der Waals surface area contributed by atoms with Crippen molar-refractivity contribution in [2.24, 2.45) is 10.2 Å². The highest BCUT2D eigenvalue weighted by molar-refractivity contribution is 7.20. The van der Waals surface area contributed by atoms with Crippen molar-refractivity contribution in [1.82, 2.24) is 4.98 Å². The molecule has 11 nitrogen and oxygen atoms in total. The standard InChI is InChI=1S/C46H40N10OS/c1-26-10-16-34(17-11-26)50-43-39(24-47)30(5)42(44(52-43)51-35-18-12-27(2)13-19-35)54-55-45-40(25-48)41(32-14-20-33(21-15-32)49-31(6)57)46(58-45)56-53-36-22-29(4)37-9-7-8-28(3)38(37)23-36/h7-23,53,56H,1-6H3,(H,49,57)(H2,50,51,52). The Kier molecular flexibility index (Phi) is 11.1. The van der Waals surface area contributed by atoms with E-state index in [2.05, 4.69) is 83.1 Å². The number of benzene rings is 5. The Morgan fingerprint density at radius 3 is 1.90 bits per heavy atom. The Bertz CT molecular complexity index is 2790. The number of hydrazine groups is 1. The van der Waals surface area contributed by atoms with Gasteiger partial charge in [-0.05, 0) is 111 Å². The monoisotopic (exact) mass is 780 g/mol. The van der Waals surface area contributed by atoms with E-state index in [4.69, 9.17) is 15.2 Å². The van der Waals surface area contributed by atoms with Gasteiger partial charge < -0.3 is 21.4 Å². The highest BCUT2D eigenvalue weighted by Crippen LogP contribution is 2.47. The minimum absolute atomic E-state index is 0.185. The van der Waals surface area contributed by atoms with Crippen LogP contribution in [0.4, 0.5) is 50.1 Å². The topological polar surface area (TPSA) is 162 Å². The smallest absolute Gasteiger partial charge is 0.221 e. The van der Waals surface area contributed by atoms with Crippen LogP contribution in [0, 0.1) is 57.3 Å². The van der Waals surface area contributed by atoms with Gasteiger partial charge in [0.2, 0.25) is 5.91 Å². The van der Waals surface area contributed by atoms with Crippen molar-refractivity contribution in [2.75, 3.05) is 26.8 Å². The van der Waals surface area contributed by atoms with Crippen molar-refractivity contribution >= 4 is 78.1 Å². The Balaban J connectivity index is 1.32. The molecule has 1 amide bonds. The molecule has 0 saturated heterocycles. The maximum Gasteiger partial charge on any atom is 0.221 e. The average molecular weight is 781 g/mol. The molecular formula is C46H40N10OS. The van der Waals surface area contributed by atoms with Crippen molar-refractivity contribution in [1.29, 1.82) is 10.5 Å². The number of aryl methyl sites for hydroxylation is 4. The number of rotatable bonds is 11. The van der Waals surface area contributed by atoms with Crippen molar-refractivity contribution in [3.05, 3.63) is 142 Å². The molecule has 7 rings (SSSR count). The number of fused-ring (bicyclic) bond motifs is 1. The fourth-order valence-electron chi connectivity index (χ4n) is 6.58. The van der Waals surface area contributed by atoms with E-state index in [0.29, 0.717) is 55.3 Å². The maximum absolute atomic E-state index is 11.8. The summed E-state index contributed by atoms with van der Waals surface area (Å²) < 4.78 is 0. The first-order valence-corrected chi connectivity index (χ1v) is 19.3. The van der Waals surface area contributed by atoms with Gasteiger partial charge in [-0.3, -0.25) is 10.2 Å². The lowest BCUT2D eigenvalue weighted by molar-refractivity contribution is -0.114. The van der Waals surface area contributed by atoms with Crippen LogP contribution in [0.2, 0.25) is 0 Å².